The van der Waals surface area contributed by atoms with E-state index in [4.69, 9.17) is 9.47 Å². The maximum atomic E-state index is 13.1. The van der Waals surface area contributed by atoms with Crippen LogP contribution in [-0.4, -0.2) is 87.5 Å². The Hall–Kier alpha value is -3.15. The highest BCUT2D eigenvalue weighted by Crippen LogP contribution is 2.23. The molecular weight excluding hydrogens is 1010 g/mol. The number of aliphatic hydroxyl groups is 5. The molecule has 466 valence electrons. The average molecular weight is 1130 g/mol. The predicted octanol–water partition coefficient (Wildman–Crippen LogP) is 18.1. The van der Waals surface area contributed by atoms with Crippen LogP contribution in [0.15, 0.2) is 109 Å². The van der Waals surface area contributed by atoms with Gasteiger partial charge in [-0.3, -0.25) is 4.79 Å². The molecule has 0 aromatic rings. The molecule has 0 radical (unpaired) electrons. The molecule has 81 heavy (non-hydrogen) atoms. The van der Waals surface area contributed by atoms with Gasteiger partial charge in [0.05, 0.1) is 25.4 Å². The smallest absolute Gasteiger partial charge is 0.220 e. The number of amides is 1. The number of rotatable bonds is 57. The zero-order valence-corrected chi connectivity index (χ0v) is 52.0. The lowest BCUT2D eigenvalue weighted by molar-refractivity contribution is -0.302. The minimum Gasteiger partial charge on any atom is -0.394 e. The van der Waals surface area contributed by atoms with Crippen LogP contribution in [0.2, 0.25) is 0 Å². The Bertz CT molecular complexity index is 1640. The molecule has 9 nitrogen and oxygen atoms in total. The van der Waals surface area contributed by atoms with E-state index in [0.717, 1.165) is 83.5 Å². The van der Waals surface area contributed by atoms with Gasteiger partial charge in [0.25, 0.3) is 0 Å². The van der Waals surface area contributed by atoms with Gasteiger partial charge >= 0.3 is 0 Å². The normalized spacial score (nSPS) is 19.1. The van der Waals surface area contributed by atoms with Gasteiger partial charge in [0.2, 0.25) is 5.91 Å². The third-order valence-corrected chi connectivity index (χ3v) is 15.3. The van der Waals surface area contributed by atoms with Gasteiger partial charge in [0, 0.05) is 6.42 Å². The average Bonchev–Trinajstić information content (AvgIpc) is 3.48. The fraction of sp³-hybridized carbons (Fsp3) is 0.736. The Labute approximate surface area is 497 Å². The van der Waals surface area contributed by atoms with Crippen LogP contribution in [-0.2, 0) is 14.3 Å². The fourth-order valence-electron chi connectivity index (χ4n) is 10.1. The second-order valence-corrected chi connectivity index (χ2v) is 22.9. The topological polar surface area (TPSA) is 149 Å². The van der Waals surface area contributed by atoms with E-state index in [2.05, 4.69) is 116 Å². The van der Waals surface area contributed by atoms with E-state index in [1.54, 1.807) is 6.08 Å². The highest BCUT2D eigenvalue weighted by Gasteiger charge is 2.44. The van der Waals surface area contributed by atoms with Crippen molar-refractivity contribution in [3.63, 3.8) is 0 Å². The number of unbranched alkanes of at least 4 members (excludes halogenated alkanes) is 31. The first kappa shape index (κ1) is 75.9. The van der Waals surface area contributed by atoms with Crippen molar-refractivity contribution < 1.29 is 39.8 Å². The first-order valence-electron chi connectivity index (χ1n) is 33.6. The molecule has 0 aliphatic carbocycles. The lowest BCUT2D eigenvalue weighted by atomic mass is 9.99. The Morgan fingerprint density at radius 1 is 0.432 bits per heavy atom. The van der Waals surface area contributed by atoms with Crippen LogP contribution < -0.4 is 5.32 Å². The summed E-state index contributed by atoms with van der Waals surface area (Å²) in [5.41, 5.74) is 0. The van der Waals surface area contributed by atoms with Crippen molar-refractivity contribution in [1.82, 2.24) is 5.32 Å². The van der Waals surface area contributed by atoms with Gasteiger partial charge in [-0.15, -0.1) is 0 Å². The molecule has 0 spiro atoms. The highest BCUT2D eigenvalue weighted by molar-refractivity contribution is 5.76. The molecule has 7 atom stereocenters. The zero-order valence-electron chi connectivity index (χ0n) is 52.0. The van der Waals surface area contributed by atoms with Crippen LogP contribution in [0.4, 0.5) is 0 Å². The van der Waals surface area contributed by atoms with E-state index in [1.165, 1.54) is 180 Å². The number of hydrogen-bond acceptors (Lipinski definition) is 8. The number of aliphatic hydroxyl groups excluding tert-OH is 5. The second-order valence-electron chi connectivity index (χ2n) is 22.9. The minimum absolute atomic E-state index is 0.192. The Morgan fingerprint density at radius 3 is 1.19 bits per heavy atom. The van der Waals surface area contributed by atoms with Crippen LogP contribution in [0.1, 0.15) is 284 Å². The zero-order chi connectivity index (χ0) is 58.6. The van der Waals surface area contributed by atoms with Gasteiger partial charge in [-0.2, -0.15) is 0 Å². The predicted molar refractivity (Wildman–Crippen MR) is 345 cm³/mol. The van der Waals surface area contributed by atoms with Gasteiger partial charge in [0.15, 0.2) is 6.29 Å². The third-order valence-electron chi connectivity index (χ3n) is 15.3. The van der Waals surface area contributed by atoms with Crippen LogP contribution in [0, 0.1) is 0 Å². The van der Waals surface area contributed by atoms with E-state index in [1.807, 2.05) is 6.08 Å². The van der Waals surface area contributed by atoms with Crippen LogP contribution in [0.5, 0.6) is 0 Å². The lowest BCUT2D eigenvalue weighted by Crippen LogP contribution is -2.60. The molecular formula is C72H125NO8. The second kappa shape index (κ2) is 60.0. The summed E-state index contributed by atoms with van der Waals surface area (Å²) in [6.07, 6.45) is 81.8. The molecule has 1 heterocycles. The first-order valence-corrected chi connectivity index (χ1v) is 33.6. The number of carbonyl (C=O) groups excluding carboxylic acids is 1. The Morgan fingerprint density at radius 2 is 0.778 bits per heavy atom. The number of hydrogen-bond donors (Lipinski definition) is 6. The van der Waals surface area contributed by atoms with Gasteiger partial charge < -0.3 is 40.3 Å². The lowest BCUT2D eigenvalue weighted by Gasteiger charge is -2.40. The largest absolute Gasteiger partial charge is 0.394 e. The summed E-state index contributed by atoms with van der Waals surface area (Å²) in [5.74, 6) is -0.192. The molecule has 1 saturated heterocycles. The molecule has 1 amide bonds. The number of allylic oxidation sites excluding steroid dienone is 17. The first-order chi connectivity index (χ1) is 39.8. The molecule has 1 rings (SSSR count). The van der Waals surface area contributed by atoms with E-state index in [9.17, 15) is 30.3 Å². The van der Waals surface area contributed by atoms with E-state index in [0.29, 0.717) is 6.42 Å². The Balaban J connectivity index is 2.17. The fourth-order valence-corrected chi connectivity index (χ4v) is 10.1. The molecule has 7 unspecified atom stereocenters. The SMILES string of the molecule is CC/C=C\C/C=C\C/C=C\C/C=C\C/C=C\C/C=C\CCCCCCCCCCCCCCCCCCC(=O)NC(COC1OC(CO)C(O)C(O)C1O)C(O)/C=C/CC/C=C/CC/C=C/CCCCCCCCCCCCCCC. The molecule has 6 N–H and O–H groups in total. The van der Waals surface area contributed by atoms with Crippen molar-refractivity contribution in [2.24, 2.45) is 0 Å². The number of carbonyl (C=O) groups is 1. The molecule has 0 bridgehead atoms. The summed E-state index contributed by atoms with van der Waals surface area (Å²) in [6, 6.07) is -0.835. The molecule has 1 fully saturated rings. The van der Waals surface area contributed by atoms with Crippen molar-refractivity contribution in [1.29, 1.82) is 0 Å². The highest BCUT2D eigenvalue weighted by atomic mass is 16.7. The number of nitrogens with one attached hydrogen (secondary N) is 1. The van der Waals surface area contributed by atoms with Crippen LogP contribution >= 0.6 is 0 Å². The summed E-state index contributed by atoms with van der Waals surface area (Å²) in [6.45, 7) is 3.66. The molecule has 0 aromatic carbocycles. The van der Waals surface area contributed by atoms with Crippen molar-refractivity contribution in [3.8, 4) is 0 Å². The maximum absolute atomic E-state index is 13.1. The monoisotopic (exact) mass is 1130 g/mol. The number of ether oxygens (including phenoxy) is 2. The quantitative estimate of drug-likeness (QED) is 0.0261. The van der Waals surface area contributed by atoms with E-state index >= 15 is 0 Å². The van der Waals surface area contributed by atoms with Gasteiger partial charge in [0.1, 0.15) is 24.4 Å². The van der Waals surface area contributed by atoms with Crippen molar-refractivity contribution in [2.45, 2.75) is 326 Å². The van der Waals surface area contributed by atoms with Gasteiger partial charge in [-0.25, -0.2) is 0 Å². The van der Waals surface area contributed by atoms with E-state index in [-0.39, 0.29) is 12.5 Å². The van der Waals surface area contributed by atoms with Gasteiger partial charge in [-0.05, 0) is 96.3 Å². The summed E-state index contributed by atoms with van der Waals surface area (Å²) in [4.78, 5) is 13.1. The van der Waals surface area contributed by atoms with Gasteiger partial charge in [-0.1, -0.05) is 290 Å². The summed E-state index contributed by atoms with van der Waals surface area (Å²) in [5, 5.41) is 54.7. The minimum atomic E-state index is -1.58. The Kier molecular flexibility index (Phi) is 56.2. The standard InChI is InChI=1S/C72H125NO8/c1-3-5-7-9-11-13-15-17-19-21-23-25-27-28-29-30-31-32-33-34-35-36-37-38-40-42-44-46-48-50-52-54-56-58-60-62-68(76)73-65(64-80-72-71(79)70(78)69(77)67(63-74)81-72)66(75)61-59-57-55-53-51-49-47-45-43-41-39-26-24-22-20-18-16-14-12-10-8-6-4-2/h5,7,11,13,17,19,23,25,28-29,31-32,43,45,51,53,59,61,65-67,69-72,74-75,77-79H,3-4,6,8-10,12,14-16,18,20-22,24,26-27,30,33-42,44,46-50,52,54-58,60,62-64H2,1-2H3,(H,73,76)/b7-5-,13-11-,19-17-,25-23-,29-28-,32-31-,45-43+,53-51+,61-59+. The molecule has 1 aliphatic rings. The van der Waals surface area contributed by atoms with Crippen LogP contribution in [0.25, 0.3) is 0 Å². The maximum Gasteiger partial charge on any atom is 0.220 e. The van der Waals surface area contributed by atoms with E-state index < -0.39 is 49.5 Å². The van der Waals surface area contributed by atoms with Crippen LogP contribution in [0.3, 0.4) is 0 Å². The van der Waals surface area contributed by atoms with Crippen molar-refractivity contribution >= 4 is 5.91 Å². The summed E-state index contributed by atoms with van der Waals surface area (Å²) >= 11 is 0. The molecule has 0 aromatic heterocycles. The molecule has 0 saturated carbocycles. The molecule has 9 heteroatoms. The summed E-state index contributed by atoms with van der Waals surface area (Å²) < 4.78 is 11.3. The van der Waals surface area contributed by atoms with Crippen molar-refractivity contribution in [3.05, 3.63) is 109 Å². The third kappa shape index (κ3) is 48.9. The molecule has 1 aliphatic heterocycles. The summed E-state index contributed by atoms with van der Waals surface area (Å²) in [7, 11) is 0. The van der Waals surface area contributed by atoms with Crippen molar-refractivity contribution in [2.75, 3.05) is 13.2 Å².